The first-order chi connectivity index (χ1) is 5.67. The third-order valence-corrected chi connectivity index (χ3v) is 3.38. The summed E-state index contributed by atoms with van der Waals surface area (Å²) >= 11 is 0. The predicted molar refractivity (Wildman–Crippen MR) is 55.2 cm³/mol. The van der Waals surface area contributed by atoms with Gasteiger partial charge >= 0.3 is 0 Å². The van der Waals surface area contributed by atoms with E-state index < -0.39 is 0 Å². The molecule has 0 aromatic carbocycles. The van der Waals surface area contributed by atoms with E-state index in [9.17, 15) is 0 Å². The Balaban J connectivity index is 2.47. The normalized spacial score (nSPS) is 20.8. The molecule has 12 heavy (non-hydrogen) atoms. The van der Waals surface area contributed by atoms with E-state index >= 15 is 0 Å². The molecule has 1 fully saturated rings. The van der Waals surface area contributed by atoms with Crippen molar-refractivity contribution in [2.75, 3.05) is 0 Å². The number of hydrogen-bond acceptors (Lipinski definition) is 0. The van der Waals surface area contributed by atoms with E-state index in [1.54, 1.807) is 0 Å². The molecule has 1 aliphatic carbocycles. The molecule has 0 bridgehead atoms. The zero-order chi connectivity index (χ0) is 9.03. The van der Waals surface area contributed by atoms with Gasteiger partial charge in [0, 0.05) is 0 Å². The van der Waals surface area contributed by atoms with Crippen LogP contribution in [0.5, 0.6) is 0 Å². The van der Waals surface area contributed by atoms with Crippen molar-refractivity contribution in [2.45, 2.75) is 52.4 Å². The molecule has 0 N–H and O–H groups in total. The van der Waals surface area contributed by atoms with Gasteiger partial charge in [0.15, 0.2) is 0 Å². The lowest BCUT2D eigenvalue weighted by atomic mass is 9.69. The maximum absolute atomic E-state index is 3.84. The van der Waals surface area contributed by atoms with Gasteiger partial charge < -0.3 is 0 Å². The lowest BCUT2D eigenvalue weighted by Crippen LogP contribution is -2.25. The smallest absolute Gasteiger partial charge is 0.0291 e. The molecule has 0 aliphatic heterocycles. The number of rotatable bonds is 3. The van der Waals surface area contributed by atoms with Crippen LogP contribution in [0.3, 0.4) is 0 Å². The van der Waals surface area contributed by atoms with E-state index in [1.807, 2.05) is 0 Å². The highest BCUT2D eigenvalue weighted by Crippen LogP contribution is 2.40. The molecule has 0 unspecified atom stereocenters. The van der Waals surface area contributed by atoms with Gasteiger partial charge in [0.2, 0.25) is 0 Å². The molecule has 0 heteroatoms. The second kappa shape index (κ2) is 4.11. The van der Waals surface area contributed by atoms with E-state index in [4.69, 9.17) is 0 Å². The van der Waals surface area contributed by atoms with Gasteiger partial charge in [-0.2, -0.15) is 0 Å². The first-order valence-corrected chi connectivity index (χ1v) is 5.28. The Morgan fingerprint density at radius 2 is 1.83 bits per heavy atom. The van der Waals surface area contributed by atoms with Crippen molar-refractivity contribution in [1.29, 1.82) is 0 Å². The van der Waals surface area contributed by atoms with Crippen molar-refractivity contribution >= 4 is 0 Å². The average Bonchev–Trinajstić information content (AvgIpc) is 2.06. The maximum atomic E-state index is 3.84. The molecule has 1 rings (SSSR count). The standard InChI is InChI=1S/C12H22/c1-4-10-12(2,3)11-8-6-5-7-9-11/h4,11H,1,5-10H2,2-3H3. The third kappa shape index (κ3) is 2.36. The van der Waals surface area contributed by atoms with Gasteiger partial charge in [-0.25, -0.2) is 0 Å². The van der Waals surface area contributed by atoms with E-state index in [0.717, 1.165) is 5.92 Å². The summed E-state index contributed by atoms with van der Waals surface area (Å²) in [5, 5.41) is 0. The van der Waals surface area contributed by atoms with E-state index in [1.165, 1.54) is 38.5 Å². The Hall–Kier alpha value is -0.260. The molecule has 0 aromatic rings. The highest BCUT2D eigenvalue weighted by molar-refractivity contribution is 4.86. The Morgan fingerprint density at radius 3 is 2.33 bits per heavy atom. The minimum atomic E-state index is 0.502. The molecule has 70 valence electrons. The molecule has 0 atom stereocenters. The van der Waals surface area contributed by atoms with Crippen molar-refractivity contribution in [3.8, 4) is 0 Å². The quantitative estimate of drug-likeness (QED) is 0.552. The fraction of sp³-hybridized carbons (Fsp3) is 0.833. The van der Waals surface area contributed by atoms with Gasteiger partial charge in [0.1, 0.15) is 0 Å². The summed E-state index contributed by atoms with van der Waals surface area (Å²) in [4.78, 5) is 0. The Kier molecular flexibility index (Phi) is 3.37. The molecular formula is C12H22. The molecule has 0 amide bonds. The van der Waals surface area contributed by atoms with Crippen LogP contribution in [0.2, 0.25) is 0 Å². The highest BCUT2D eigenvalue weighted by atomic mass is 14.3. The largest absolute Gasteiger partial charge is 0.103 e. The number of hydrogen-bond donors (Lipinski definition) is 0. The van der Waals surface area contributed by atoms with Crippen molar-refractivity contribution in [1.82, 2.24) is 0 Å². The van der Waals surface area contributed by atoms with Gasteiger partial charge in [-0.3, -0.25) is 0 Å². The van der Waals surface area contributed by atoms with Crippen LogP contribution in [0.15, 0.2) is 12.7 Å². The van der Waals surface area contributed by atoms with Gasteiger partial charge in [-0.15, -0.1) is 6.58 Å². The molecule has 0 nitrogen and oxygen atoms in total. The van der Waals surface area contributed by atoms with Crippen molar-refractivity contribution in [2.24, 2.45) is 11.3 Å². The van der Waals surface area contributed by atoms with Crippen LogP contribution < -0.4 is 0 Å². The molecule has 0 spiro atoms. The first-order valence-electron chi connectivity index (χ1n) is 5.28. The topological polar surface area (TPSA) is 0 Å². The van der Waals surface area contributed by atoms with Crippen LogP contribution >= 0.6 is 0 Å². The van der Waals surface area contributed by atoms with E-state index in [2.05, 4.69) is 26.5 Å². The van der Waals surface area contributed by atoms with Crippen LogP contribution in [0, 0.1) is 11.3 Å². The molecule has 0 radical (unpaired) electrons. The third-order valence-electron chi connectivity index (χ3n) is 3.38. The number of allylic oxidation sites excluding steroid dienone is 1. The van der Waals surface area contributed by atoms with Crippen LogP contribution in [0.1, 0.15) is 52.4 Å². The SMILES string of the molecule is C=CCC(C)(C)C1CCCCC1. The Morgan fingerprint density at radius 1 is 1.25 bits per heavy atom. The Labute approximate surface area is 77.1 Å². The van der Waals surface area contributed by atoms with Crippen LogP contribution in [0.4, 0.5) is 0 Å². The summed E-state index contributed by atoms with van der Waals surface area (Å²) in [6.45, 7) is 8.63. The summed E-state index contributed by atoms with van der Waals surface area (Å²) in [6, 6.07) is 0. The second-order valence-electron chi connectivity index (χ2n) is 4.82. The van der Waals surface area contributed by atoms with E-state index in [0.29, 0.717) is 5.41 Å². The summed E-state index contributed by atoms with van der Waals surface area (Å²) in [6.07, 6.45) is 10.5. The van der Waals surface area contributed by atoms with Crippen LogP contribution in [-0.2, 0) is 0 Å². The summed E-state index contributed by atoms with van der Waals surface area (Å²) in [7, 11) is 0. The van der Waals surface area contributed by atoms with Gasteiger partial charge in [0.25, 0.3) is 0 Å². The summed E-state index contributed by atoms with van der Waals surface area (Å²) < 4.78 is 0. The second-order valence-corrected chi connectivity index (χ2v) is 4.82. The zero-order valence-electron chi connectivity index (χ0n) is 8.60. The van der Waals surface area contributed by atoms with Crippen LogP contribution in [-0.4, -0.2) is 0 Å². The Bertz CT molecular complexity index is 138. The molecule has 0 saturated heterocycles. The van der Waals surface area contributed by atoms with Crippen molar-refractivity contribution < 1.29 is 0 Å². The lowest BCUT2D eigenvalue weighted by Gasteiger charge is -2.36. The minimum Gasteiger partial charge on any atom is -0.103 e. The van der Waals surface area contributed by atoms with Gasteiger partial charge in [-0.05, 0) is 30.6 Å². The monoisotopic (exact) mass is 166 g/mol. The highest BCUT2D eigenvalue weighted by Gasteiger charge is 2.28. The zero-order valence-corrected chi connectivity index (χ0v) is 8.60. The molecule has 1 aliphatic rings. The summed E-state index contributed by atoms with van der Waals surface area (Å²) in [5.41, 5.74) is 0.502. The molecule has 1 saturated carbocycles. The van der Waals surface area contributed by atoms with Crippen molar-refractivity contribution in [3.63, 3.8) is 0 Å². The average molecular weight is 166 g/mol. The lowest BCUT2D eigenvalue weighted by molar-refractivity contribution is 0.161. The fourth-order valence-corrected chi connectivity index (χ4v) is 2.42. The summed E-state index contributed by atoms with van der Waals surface area (Å²) in [5.74, 6) is 0.948. The predicted octanol–water partition coefficient (Wildman–Crippen LogP) is 4.17. The fourth-order valence-electron chi connectivity index (χ4n) is 2.42. The molecular weight excluding hydrogens is 144 g/mol. The molecule has 0 aromatic heterocycles. The minimum absolute atomic E-state index is 0.502. The van der Waals surface area contributed by atoms with Gasteiger partial charge in [-0.1, -0.05) is 39.2 Å². The van der Waals surface area contributed by atoms with E-state index in [-0.39, 0.29) is 0 Å². The van der Waals surface area contributed by atoms with Gasteiger partial charge in [0.05, 0.1) is 0 Å². The van der Waals surface area contributed by atoms with Crippen LogP contribution in [0.25, 0.3) is 0 Å². The van der Waals surface area contributed by atoms with Crippen molar-refractivity contribution in [3.05, 3.63) is 12.7 Å². The molecule has 0 heterocycles. The maximum Gasteiger partial charge on any atom is -0.0291 e. The first kappa shape index (κ1) is 9.83.